The van der Waals surface area contributed by atoms with Gasteiger partial charge in [-0.05, 0) is 40.0 Å². The van der Waals surface area contributed by atoms with Crippen LogP contribution in [0.4, 0.5) is 0 Å². The summed E-state index contributed by atoms with van der Waals surface area (Å²) in [6.45, 7) is 12.4. The van der Waals surface area contributed by atoms with Crippen LogP contribution in [0.1, 0.15) is 48.0 Å². The summed E-state index contributed by atoms with van der Waals surface area (Å²) in [6.07, 6.45) is 1.07. The third kappa shape index (κ3) is 6.36. The van der Waals surface area contributed by atoms with E-state index in [4.69, 9.17) is 0 Å². The van der Waals surface area contributed by atoms with E-state index in [1.807, 2.05) is 20.8 Å². The van der Waals surface area contributed by atoms with E-state index in [9.17, 15) is 4.55 Å². The van der Waals surface area contributed by atoms with Crippen LogP contribution in [0, 0.1) is 5.92 Å². The molecule has 0 aromatic carbocycles. The van der Waals surface area contributed by atoms with Crippen molar-refractivity contribution in [1.29, 1.82) is 0 Å². The van der Waals surface area contributed by atoms with Gasteiger partial charge in [-0.1, -0.05) is 13.8 Å². The summed E-state index contributed by atoms with van der Waals surface area (Å²) in [5.74, 6) is 0.652. The molecule has 0 saturated heterocycles. The molecule has 0 fully saturated rings. The van der Waals surface area contributed by atoms with Gasteiger partial charge in [-0.25, -0.2) is 0 Å². The van der Waals surface area contributed by atoms with Gasteiger partial charge in [-0.3, -0.25) is 0 Å². The molecule has 0 spiro atoms. The van der Waals surface area contributed by atoms with Crippen molar-refractivity contribution in [1.82, 2.24) is 4.72 Å². The fraction of sp³-hybridized carbons (Fsp3) is 1.00. The van der Waals surface area contributed by atoms with Crippen LogP contribution in [0.15, 0.2) is 0 Å². The molecule has 80 valence electrons. The molecular formula is C10H23NOS. The first-order valence-corrected chi connectivity index (χ1v) is 6.06. The highest BCUT2D eigenvalue weighted by Crippen LogP contribution is 2.15. The van der Waals surface area contributed by atoms with E-state index in [1.165, 1.54) is 0 Å². The Labute approximate surface area is 85.8 Å². The highest BCUT2D eigenvalue weighted by molar-refractivity contribution is 7.90. The predicted octanol–water partition coefficient (Wildman–Crippen LogP) is 2.47. The predicted molar refractivity (Wildman–Crippen MR) is 59.9 cm³/mol. The quantitative estimate of drug-likeness (QED) is 0.716. The second kappa shape index (κ2) is 5.23. The summed E-state index contributed by atoms with van der Waals surface area (Å²) in [6, 6.07) is 0.333. The molecule has 0 radical (unpaired) electrons. The Hall–Kier alpha value is 0.270. The largest absolute Gasteiger partial charge is 0.598 e. The molecule has 0 bridgehead atoms. The lowest BCUT2D eigenvalue weighted by molar-refractivity contribution is 0.471. The molecule has 1 unspecified atom stereocenters. The minimum absolute atomic E-state index is 0.161. The number of hydrogen-bond acceptors (Lipinski definition) is 2. The maximum atomic E-state index is 11.7. The monoisotopic (exact) mass is 205 g/mol. The third-order valence-corrected chi connectivity index (χ3v) is 3.42. The molecule has 0 rings (SSSR count). The van der Waals surface area contributed by atoms with Crippen molar-refractivity contribution in [2.24, 2.45) is 5.92 Å². The fourth-order valence-corrected chi connectivity index (χ4v) is 1.93. The van der Waals surface area contributed by atoms with Crippen LogP contribution in [-0.2, 0) is 11.4 Å². The molecule has 0 aliphatic carbocycles. The lowest BCUT2D eigenvalue weighted by atomic mass is 10.1. The average molecular weight is 205 g/mol. The van der Waals surface area contributed by atoms with Crippen molar-refractivity contribution < 1.29 is 4.55 Å². The topological polar surface area (TPSA) is 35.1 Å². The third-order valence-electron chi connectivity index (χ3n) is 1.69. The van der Waals surface area contributed by atoms with E-state index in [0.29, 0.717) is 12.0 Å². The Kier molecular flexibility index (Phi) is 5.33. The highest BCUT2D eigenvalue weighted by Gasteiger charge is 2.27. The first-order valence-electron chi connectivity index (χ1n) is 4.91. The lowest BCUT2D eigenvalue weighted by Gasteiger charge is -2.27. The first-order chi connectivity index (χ1) is 5.73. The molecule has 2 atom stereocenters. The zero-order valence-corrected chi connectivity index (χ0v) is 10.5. The first kappa shape index (κ1) is 13.3. The number of hydrogen-bond donors (Lipinski definition) is 1. The van der Waals surface area contributed by atoms with Crippen LogP contribution in [-0.4, -0.2) is 15.3 Å². The van der Waals surface area contributed by atoms with Crippen molar-refractivity contribution in [3.8, 4) is 0 Å². The zero-order chi connectivity index (χ0) is 10.6. The lowest BCUT2D eigenvalue weighted by Crippen LogP contribution is -2.43. The molecule has 3 heteroatoms. The maximum absolute atomic E-state index is 11.7. The summed E-state index contributed by atoms with van der Waals surface area (Å²) in [5, 5.41) is 0. The van der Waals surface area contributed by atoms with Gasteiger partial charge in [0.05, 0.1) is 0 Å². The molecule has 13 heavy (non-hydrogen) atoms. The molecule has 1 N–H and O–H groups in total. The van der Waals surface area contributed by atoms with Gasteiger partial charge in [0.2, 0.25) is 0 Å². The summed E-state index contributed by atoms with van der Waals surface area (Å²) < 4.78 is 14.6. The van der Waals surface area contributed by atoms with Gasteiger partial charge in [0, 0.05) is 17.4 Å². The summed E-state index contributed by atoms with van der Waals surface area (Å²) in [7, 11) is 0. The number of nitrogens with one attached hydrogen (secondary N) is 1. The van der Waals surface area contributed by atoms with Crippen molar-refractivity contribution >= 4 is 11.4 Å². The van der Waals surface area contributed by atoms with E-state index >= 15 is 0 Å². The molecule has 0 amide bonds. The number of rotatable bonds is 4. The second-order valence-corrected chi connectivity index (χ2v) is 7.03. The molecule has 0 aliphatic rings. The Morgan fingerprint density at radius 2 is 1.69 bits per heavy atom. The van der Waals surface area contributed by atoms with Crippen LogP contribution < -0.4 is 4.72 Å². The fourth-order valence-electron chi connectivity index (χ4n) is 1.11. The highest BCUT2D eigenvalue weighted by atomic mass is 32.2. The van der Waals surface area contributed by atoms with Gasteiger partial charge in [-0.15, -0.1) is 4.72 Å². The zero-order valence-electron chi connectivity index (χ0n) is 9.68. The van der Waals surface area contributed by atoms with Crippen molar-refractivity contribution in [3.05, 3.63) is 0 Å². The van der Waals surface area contributed by atoms with Crippen molar-refractivity contribution in [2.75, 3.05) is 0 Å². The Morgan fingerprint density at radius 3 is 2.00 bits per heavy atom. The SMILES string of the molecule is CC(C)CC(C)N[S@+]([O-])C(C)(C)C. The van der Waals surface area contributed by atoms with Gasteiger partial charge in [0.25, 0.3) is 0 Å². The van der Waals surface area contributed by atoms with Crippen LogP contribution in [0.5, 0.6) is 0 Å². The Morgan fingerprint density at radius 1 is 1.23 bits per heavy atom. The molecule has 0 aromatic rings. The van der Waals surface area contributed by atoms with Gasteiger partial charge >= 0.3 is 0 Å². The second-order valence-electron chi connectivity index (χ2n) is 5.03. The summed E-state index contributed by atoms with van der Waals surface area (Å²) >= 11 is -0.934. The molecule has 2 nitrogen and oxygen atoms in total. The molecule has 0 heterocycles. The van der Waals surface area contributed by atoms with E-state index in [2.05, 4.69) is 25.5 Å². The normalized spacial score (nSPS) is 17.5. The molecular weight excluding hydrogens is 182 g/mol. The Balaban J connectivity index is 3.85. The summed E-state index contributed by atoms with van der Waals surface area (Å²) in [4.78, 5) is 0. The van der Waals surface area contributed by atoms with Crippen LogP contribution in [0.25, 0.3) is 0 Å². The smallest absolute Gasteiger partial charge is 0.136 e. The van der Waals surface area contributed by atoms with Gasteiger partial charge < -0.3 is 4.55 Å². The molecule has 0 aromatic heterocycles. The molecule has 0 saturated carbocycles. The van der Waals surface area contributed by atoms with Crippen molar-refractivity contribution in [3.63, 3.8) is 0 Å². The van der Waals surface area contributed by atoms with Crippen molar-refractivity contribution in [2.45, 2.75) is 58.8 Å². The van der Waals surface area contributed by atoms with E-state index in [0.717, 1.165) is 6.42 Å². The van der Waals surface area contributed by atoms with E-state index < -0.39 is 11.4 Å². The summed E-state index contributed by atoms with van der Waals surface area (Å²) in [5.41, 5.74) is 0. The maximum Gasteiger partial charge on any atom is 0.136 e. The minimum atomic E-state index is -0.934. The van der Waals surface area contributed by atoms with Gasteiger partial charge in [0.1, 0.15) is 4.75 Å². The van der Waals surface area contributed by atoms with Crippen LogP contribution >= 0.6 is 0 Å². The average Bonchev–Trinajstić information content (AvgIpc) is 1.82. The van der Waals surface area contributed by atoms with Crippen LogP contribution in [0.2, 0.25) is 0 Å². The minimum Gasteiger partial charge on any atom is -0.598 e. The molecule has 0 aliphatic heterocycles. The van der Waals surface area contributed by atoms with E-state index in [1.54, 1.807) is 0 Å². The Bertz CT molecular complexity index is 142. The van der Waals surface area contributed by atoms with E-state index in [-0.39, 0.29) is 4.75 Å². The van der Waals surface area contributed by atoms with Crippen LogP contribution in [0.3, 0.4) is 0 Å². The van der Waals surface area contributed by atoms with Gasteiger partial charge in [0.15, 0.2) is 0 Å². The van der Waals surface area contributed by atoms with Gasteiger partial charge in [-0.2, -0.15) is 0 Å². The standard InChI is InChI=1S/C10H23NOS/c1-8(2)7-9(3)11-13(12)10(4,5)6/h8-9,11H,7H2,1-6H3/t9?,13-/m1/s1.